The van der Waals surface area contributed by atoms with Gasteiger partial charge in [0.1, 0.15) is 5.82 Å². The molecule has 0 heterocycles. The molecular formula is C26H28F6O. The van der Waals surface area contributed by atoms with Crippen molar-refractivity contribution in [2.75, 3.05) is 6.61 Å². The number of rotatable bonds is 6. The van der Waals surface area contributed by atoms with Crippen LogP contribution in [0.3, 0.4) is 0 Å². The second-order valence-electron chi connectivity index (χ2n) is 9.18. The zero-order valence-electron chi connectivity index (χ0n) is 18.8. The van der Waals surface area contributed by atoms with Gasteiger partial charge in [0, 0.05) is 0 Å². The first-order valence-electron chi connectivity index (χ1n) is 11.7. The fraction of sp³-hybridized carbons (Fsp3) is 0.538. The molecule has 0 unspecified atom stereocenters. The number of hydrogen-bond donors (Lipinski definition) is 0. The molecule has 0 spiro atoms. The highest BCUT2D eigenvalue weighted by molar-refractivity contribution is 5.77. The van der Waals surface area contributed by atoms with Gasteiger partial charge in [0.05, 0.1) is 17.7 Å². The van der Waals surface area contributed by atoms with Crippen molar-refractivity contribution in [1.29, 1.82) is 0 Å². The highest BCUT2D eigenvalue weighted by atomic mass is 19.3. The molecule has 33 heavy (non-hydrogen) atoms. The Bertz CT molecular complexity index is 1020. The fourth-order valence-corrected chi connectivity index (χ4v) is 5.30. The predicted molar refractivity (Wildman–Crippen MR) is 115 cm³/mol. The summed E-state index contributed by atoms with van der Waals surface area (Å²) in [7, 11) is 0. The molecule has 180 valence electrons. The van der Waals surface area contributed by atoms with Crippen LogP contribution in [-0.4, -0.2) is 6.61 Å². The molecule has 0 aromatic heterocycles. The maximum Gasteiger partial charge on any atom is 0.343 e. The summed E-state index contributed by atoms with van der Waals surface area (Å²) in [4.78, 5) is 0. The highest BCUT2D eigenvalue weighted by Gasteiger charge is 2.65. The molecule has 0 radical (unpaired) electrons. The van der Waals surface area contributed by atoms with Crippen LogP contribution in [0.25, 0.3) is 11.1 Å². The maximum absolute atomic E-state index is 15.3. The minimum atomic E-state index is -4.93. The molecule has 0 N–H and O–H groups in total. The average Bonchev–Trinajstić information content (AvgIpc) is 2.78. The molecule has 0 bridgehead atoms. The lowest BCUT2D eigenvalue weighted by Crippen LogP contribution is -2.41. The van der Waals surface area contributed by atoms with Crippen LogP contribution in [-0.2, 0) is 18.3 Å². The molecule has 2 aromatic carbocycles. The van der Waals surface area contributed by atoms with E-state index in [0.717, 1.165) is 44.2 Å². The van der Waals surface area contributed by atoms with Crippen molar-refractivity contribution >= 4 is 0 Å². The largest absolute Gasteiger partial charge is 0.491 e. The van der Waals surface area contributed by atoms with Crippen molar-refractivity contribution in [3.8, 4) is 16.9 Å². The Morgan fingerprint density at radius 2 is 1.33 bits per heavy atom. The van der Waals surface area contributed by atoms with Gasteiger partial charge in [-0.3, -0.25) is 0 Å². The van der Waals surface area contributed by atoms with Crippen molar-refractivity contribution in [2.24, 2.45) is 11.8 Å². The van der Waals surface area contributed by atoms with Crippen LogP contribution in [0.2, 0.25) is 0 Å². The topological polar surface area (TPSA) is 9.23 Å². The Hall–Kier alpha value is -2.18. The molecular weight excluding hydrogens is 442 g/mol. The first-order valence-corrected chi connectivity index (χ1v) is 11.7. The average molecular weight is 470 g/mol. The molecule has 2 aliphatic rings. The monoisotopic (exact) mass is 470 g/mol. The van der Waals surface area contributed by atoms with Crippen molar-refractivity contribution < 1.29 is 31.1 Å². The summed E-state index contributed by atoms with van der Waals surface area (Å²) in [5.41, 5.74) is -3.66. The lowest BCUT2D eigenvalue weighted by atomic mass is 9.77. The van der Waals surface area contributed by atoms with Crippen LogP contribution in [0.1, 0.15) is 69.1 Å². The number of ether oxygens (including phenoxy) is 1. The minimum Gasteiger partial charge on any atom is -0.491 e. The van der Waals surface area contributed by atoms with Crippen LogP contribution < -0.4 is 4.74 Å². The Balaban J connectivity index is 1.71. The number of aryl methyl sites for hydroxylation is 1. The second kappa shape index (κ2) is 8.88. The van der Waals surface area contributed by atoms with Gasteiger partial charge in [0.15, 0.2) is 11.6 Å². The van der Waals surface area contributed by atoms with E-state index in [-0.39, 0.29) is 18.6 Å². The van der Waals surface area contributed by atoms with Crippen molar-refractivity contribution in [2.45, 2.75) is 70.6 Å². The van der Waals surface area contributed by atoms with Gasteiger partial charge in [0.2, 0.25) is 0 Å². The van der Waals surface area contributed by atoms with Crippen LogP contribution in [0.15, 0.2) is 24.3 Å². The number of alkyl halides is 4. The molecule has 1 saturated carbocycles. The molecule has 4 rings (SSSR count). The van der Waals surface area contributed by atoms with Crippen LogP contribution in [0.4, 0.5) is 26.3 Å². The first kappa shape index (κ1) is 24.0. The number of fused-ring (bicyclic) bond motifs is 3. The summed E-state index contributed by atoms with van der Waals surface area (Å²) in [6, 6.07) is 4.78. The summed E-state index contributed by atoms with van der Waals surface area (Å²) >= 11 is 0. The SMILES string of the molecule is CCOc1ccc2c(c1F)C(F)(F)C(F)(F)c1c-2ccc(CCC2CCC(CC)CC2)c1F. The summed E-state index contributed by atoms with van der Waals surface area (Å²) in [5.74, 6) is -12.2. The van der Waals surface area contributed by atoms with Gasteiger partial charge in [0.25, 0.3) is 0 Å². The minimum absolute atomic E-state index is 0.00306. The second-order valence-corrected chi connectivity index (χ2v) is 9.18. The van der Waals surface area contributed by atoms with E-state index in [2.05, 4.69) is 6.92 Å². The van der Waals surface area contributed by atoms with E-state index >= 15 is 13.2 Å². The van der Waals surface area contributed by atoms with E-state index < -0.39 is 51.5 Å². The van der Waals surface area contributed by atoms with E-state index in [1.165, 1.54) is 19.1 Å². The first-order chi connectivity index (χ1) is 15.6. The zero-order chi connectivity index (χ0) is 24.0. The third-order valence-corrected chi connectivity index (χ3v) is 7.31. The molecule has 7 heteroatoms. The molecule has 0 atom stereocenters. The molecule has 0 aliphatic heterocycles. The van der Waals surface area contributed by atoms with Gasteiger partial charge in [-0.25, -0.2) is 8.78 Å². The van der Waals surface area contributed by atoms with E-state index in [9.17, 15) is 13.2 Å². The van der Waals surface area contributed by atoms with Gasteiger partial charge >= 0.3 is 11.8 Å². The third kappa shape index (κ3) is 3.91. The summed E-state index contributed by atoms with van der Waals surface area (Å²) in [5, 5.41) is 0. The lowest BCUT2D eigenvalue weighted by molar-refractivity contribution is -0.228. The Morgan fingerprint density at radius 3 is 1.91 bits per heavy atom. The van der Waals surface area contributed by atoms with Crippen molar-refractivity contribution in [3.05, 3.63) is 52.6 Å². The number of halogens is 6. The van der Waals surface area contributed by atoms with Crippen LogP contribution in [0, 0.1) is 23.5 Å². The van der Waals surface area contributed by atoms with Gasteiger partial charge in [-0.15, -0.1) is 0 Å². The molecule has 2 aliphatic carbocycles. The van der Waals surface area contributed by atoms with E-state index in [1.807, 2.05) is 0 Å². The Labute approximate surface area is 190 Å². The molecule has 1 fully saturated rings. The third-order valence-electron chi connectivity index (χ3n) is 7.31. The Morgan fingerprint density at radius 1 is 0.788 bits per heavy atom. The van der Waals surface area contributed by atoms with E-state index in [1.54, 1.807) is 0 Å². The van der Waals surface area contributed by atoms with E-state index in [0.29, 0.717) is 18.3 Å². The van der Waals surface area contributed by atoms with Crippen LogP contribution >= 0.6 is 0 Å². The summed E-state index contributed by atoms with van der Waals surface area (Å²) in [6.45, 7) is 3.66. The number of hydrogen-bond acceptors (Lipinski definition) is 1. The highest BCUT2D eigenvalue weighted by Crippen LogP contribution is 2.60. The zero-order valence-corrected chi connectivity index (χ0v) is 18.8. The quantitative estimate of drug-likeness (QED) is 0.385. The van der Waals surface area contributed by atoms with Gasteiger partial charge in [-0.2, -0.15) is 17.6 Å². The van der Waals surface area contributed by atoms with E-state index in [4.69, 9.17) is 4.74 Å². The fourth-order valence-electron chi connectivity index (χ4n) is 5.30. The Kier molecular flexibility index (Phi) is 6.45. The maximum atomic E-state index is 15.3. The summed E-state index contributed by atoms with van der Waals surface area (Å²) < 4.78 is 95.2. The van der Waals surface area contributed by atoms with Gasteiger partial charge in [-0.05, 0) is 60.4 Å². The van der Waals surface area contributed by atoms with Gasteiger partial charge in [-0.1, -0.05) is 51.2 Å². The molecule has 1 nitrogen and oxygen atoms in total. The lowest BCUT2D eigenvalue weighted by Gasteiger charge is -2.36. The standard InChI is InChI=1S/C26H28F6O/c1-3-15-5-7-16(8-6-15)9-10-17-11-12-18-19-13-14-20(33-4-2)24(28)22(19)26(31,32)25(29,30)21(18)23(17)27/h11-16H,3-10H2,1-2H3. The molecule has 2 aromatic rings. The van der Waals surface area contributed by atoms with Crippen molar-refractivity contribution in [1.82, 2.24) is 0 Å². The van der Waals surface area contributed by atoms with Gasteiger partial charge < -0.3 is 4.74 Å². The molecule has 0 saturated heterocycles. The molecule has 0 amide bonds. The number of benzene rings is 2. The smallest absolute Gasteiger partial charge is 0.343 e. The normalized spacial score (nSPS) is 23.0. The van der Waals surface area contributed by atoms with Crippen molar-refractivity contribution in [3.63, 3.8) is 0 Å². The predicted octanol–water partition coefficient (Wildman–Crippen LogP) is 8.38. The van der Waals surface area contributed by atoms with Crippen LogP contribution in [0.5, 0.6) is 5.75 Å². The summed E-state index contributed by atoms with van der Waals surface area (Å²) in [6.07, 6.45) is 6.17.